The van der Waals surface area contributed by atoms with Crippen LogP contribution in [0.5, 0.6) is 5.75 Å². The van der Waals surface area contributed by atoms with E-state index in [-0.39, 0.29) is 5.41 Å². The first-order chi connectivity index (χ1) is 8.82. The van der Waals surface area contributed by atoms with Crippen LogP contribution in [-0.4, -0.2) is 16.7 Å². The second-order valence-corrected chi connectivity index (χ2v) is 6.20. The van der Waals surface area contributed by atoms with Gasteiger partial charge in [0.25, 0.3) is 0 Å². The van der Waals surface area contributed by atoms with Crippen LogP contribution >= 0.6 is 0 Å². The Morgan fingerprint density at radius 1 is 1.37 bits per heavy atom. The van der Waals surface area contributed by atoms with Crippen LogP contribution in [0.1, 0.15) is 27.7 Å². The van der Waals surface area contributed by atoms with E-state index in [1.807, 2.05) is 18.2 Å². The standard InChI is InChI=1S/C15H23N3O/c1-10(15(2,3)4)9-18-13-7-6-11(19-5)8-12(13)17-14(18)16/h6-8,10H,9H2,1-5H3,(H2,16,17). The number of rotatable bonds is 3. The van der Waals surface area contributed by atoms with E-state index in [1.165, 1.54) is 0 Å². The Bertz CT molecular complexity index is 581. The number of anilines is 1. The summed E-state index contributed by atoms with van der Waals surface area (Å²) in [5.41, 5.74) is 8.24. The molecule has 0 radical (unpaired) electrons. The second kappa shape index (κ2) is 4.76. The molecule has 1 atom stereocenters. The molecular weight excluding hydrogens is 238 g/mol. The summed E-state index contributed by atoms with van der Waals surface area (Å²) in [7, 11) is 1.66. The number of ether oxygens (including phenoxy) is 1. The van der Waals surface area contributed by atoms with Gasteiger partial charge in [-0.25, -0.2) is 4.98 Å². The van der Waals surface area contributed by atoms with Crippen LogP contribution in [0.25, 0.3) is 11.0 Å². The molecule has 2 aromatic rings. The molecule has 4 heteroatoms. The zero-order chi connectivity index (χ0) is 14.2. The van der Waals surface area contributed by atoms with E-state index in [0.717, 1.165) is 23.3 Å². The summed E-state index contributed by atoms with van der Waals surface area (Å²) >= 11 is 0. The highest BCUT2D eigenvalue weighted by Gasteiger charge is 2.22. The van der Waals surface area contributed by atoms with Crippen LogP contribution in [0.2, 0.25) is 0 Å². The van der Waals surface area contributed by atoms with Crippen molar-refractivity contribution in [3.05, 3.63) is 18.2 Å². The summed E-state index contributed by atoms with van der Waals surface area (Å²) in [6.07, 6.45) is 0. The molecule has 0 fully saturated rings. The molecule has 19 heavy (non-hydrogen) atoms. The predicted molar refractivity (Wildman–Crippen MR) is 79.3 cm³/mol. The average molecular weight is 261 g/mol. The number of aromatic nitrogens is 2. The Morgan fingerprint density at radius 3 is 2.63 bits per heavy atom. The zero-order valence-corrected chi connectivity index (χ0v) is 12.4. The predicted octanol–water partition coefficient (Wildman–Crippen LogP) is 3.31. The smallest absolute Gasteiger partial charge is 0.201 e. The van der Waals surface area contributed by atoms with Gasteiger partial charge in [0, 0.05) is 12.6 Å². The van der Waals surface area contributed by atoms with Gasteiger partial charge in [-0.05, 0) is 23.5 Å². The second-order valence-electron chi connectivity index (χ2n) is 6.20. The number of nitrogens with two attached hydrogens (primary N) is 1. The fourth-order valence-corrected chi connectivity index (χ4v) is 1.99. The van der Waals surface area contributed by atoms with Crippen molar-refractivity contribution >= 4 is 17.0 Å². The fourth-order valence-electron chi connectivity index (χ4n) is 1.99. The molecule has 0 aliphatic heterocycles. The molecule has 0 bridgehead atoms. The first-order valence-corrected chi connectivity index (χ1v) is 6.62. The van der Waals surface area contributed by atoms with E-state index in [2.05, 4.69) is 37.2 Å². The zero-order valence-electron chi connectivity index (χ0n) is 12.4. The average Bonchev–Trinajstić information content (AvgIpc) is 2.63. The van der Waals surface area contributed by atoms with Gasteiger partial charge in [-0.3, -0.25) is 0 Å². The lowest BCUT2D eigenvalue weighted by molar-refractivity contribution is 0.236. The van der Waals surface area contributed by atoms with E-state index in [0.29, 0.717) is 11.9 Å². The van der Waals surface area contributed by atoms with E-state index >= 15 is 0 Å². The molecule has 1 heterocycles. The summed E-state index contributed by atoms with van der Waals surface area (Å²) in [6.45, 7) is 9.86. The summed E-state index contributed by atoms with van der Waals surface area (Å²) in [4.78, 5) is 4.42. The maximum atomic E-state index is 6.05. The fraction of sp³-hybridized carbons (Fsp3) is 0.533. The third kappa shape index (κ3) is 2.67. The van der Waals surface area contributed by atoms with Crippen LogP contribution in [0, 0.1) is 11.3 Å². The van der Waals surface area contributed by atoms with E-state index in [9.17, 15) is 0 Å². The Hall–Kier alpha value is -1.71. The third-order valence-electron chi connectivity index (χ3n) is 3.92. The summed E-state index contributed by atoms with van der Waals surface area (Å²) < 4.78 is 7.30. The van der Waals surface area contributed by atoms with Crippen molar-refractivity contribution < 1.29 is 4.74 Å². The van der Waals surface area contributed by atoms with Gasteiger partial charge >= 0.3 is 0 Å². The first kappa shape index (κ1) is 13.7. The maximum Gasteiger partial charge on any atom is 0.201 e. The molecule has 104 valence electrons. The number of methoxy groups -OCH3 is 1. The first-order valence-electron chi connectivity index (χ1n) is 6.62. The highest BCUT2D eigenvalue weighted by atomic mass is 16.5. The molecule has 1 unspecified atom stereocenters. The summed E-state index contributed by atoms with van der Waals surface area (Å²) in [6, 6.07) is 5.89. The molecule has 0 aliphatic rings. The highest BCUT2D eigenvalue weighted by molar-refractivity contribution is 5.79. The van der Waals surface area contributed by atoms with Crippen LogP contribution in [0.15, 0.2) is 18.2 Å². The van der Waals surface area contributed by atoms with Crippen molar-refractivity contribution in [3.63, 3.8) is 0 Å². The lowest BCUT2D eigenvalue weighted by atomic mass is 9.82. The minimum absolute atomic E-state index is 0.246. The summed E-state index contributed by atoms with van der Waals surface area (Å²) in [5.74, 6) is 1.88. The van der Waals surface area contributed by atoms with Crippen molar-refractivity contribution in [2.24, 2.45) is 11.3 Å². The highest BCUT2D eigenvalue weighted by Crippen LogP contribution is 2.30. The number of nitrogen functional groups attached to an aromatic ring is 1. The van der Waals surface area contributed by atoms with Crippen molar-refractivity contribution in [2.75, 3.05) is 12.8 Å². The topological polar surface area (TPSA) is 53.1 Å². The normalized spacial score (nSPS) is 13.7. The molecule has 0 aliphatic carbocycles. The molecule has 0 saturated heterocycles. The lowest BCUT2D eigenvalue weighted by Crippen LogP contribution is -2.23. The maximum absolute atomic E-state index is 6.05. The quantitative estimate of drug-likeness (QED) is 0.922. The number of benzene rings is 1. The number of fused-ring (bicyclic) bond motifs is 1. The molecule has 2 N–H and O–H groups in total. The Balaban J connectivity index is 2.41. The number of nitrogens with zero attached hydrogens (tertiary/aromatic N) is 2. The SMILES string of the molecule is COc1ccc2c(c1)nc(N)n2CC(C)C(C)(C)C. The molecule has 4 nitrogen and oxygen atoms in total. The molecule has 0 amide bonds. The molecular formula is C15H23N3O. The van der Waals surface area contributed by atoms with E-state index < -0.39 is 0 Å². The van der Waals surface area contributed by atoms with Crippen LogP contribution in [-0.2, 0) is 6.54 Å². The van der Waals surface area contributed by atoms with Gasteiger partial charge < -0.3 is 15.0 Å². The van der Waals surface area contributed by atoms with Crippen molar-refractivity contribution in [1.82, 2.24) is 9.55 Å². The van der Waals surface area contributed by atoms with Gasteiger partial charge in [-0.15, -0.1) is 0 Å². The van der Waals surface area contributed by atoms with E-state index in [4.69, 9.17) is 10.5 Å². The third-order valence-corrected chi connectivity index (χ3v) is 3.92. The minimum Gasteiger partial charge on any atom is -0.497 e. The van der Waals surface area contributed by atoms with Crippen LogP contribution < -0.4 is 10.5 Å². The van der Waals surface area contributed by atoms with Gasteiger partial charge in [0.05, 0.1) is 18.1 Å². The Morgan fingerprint density at radius 2 is 2.05 bits per heavy atom. The van der Waals surface area contributed by atoms with Crippen molar-refractivity contribution in [2.45, 2.75) is 34.2 Å². The minimum atomic E-state index is 0.246. The number of imidazole rings is 1. The van der Waals surface area contributed by atoms with Gasteiger partial charge in [-0.2, -0.15) is 0 Å². The molecule has 1 aromatic carbocycles. The van der Waals surface area contributed by atoms with E-state index in [1.54, 1.807) is 7.11 Å². The molecule has 0 spiro atoms. The Kier molecular flexibility index (Phi) is 3.43. The number of hydrogen-bond acceptors (Lipinski definition) is 3. The monoisotopic (exact) mass is 261 g/mol. The molecule has 2 rings (SSSR count). The summed E-state index contributed by atoms with van der Waals surface area (Å²) in [5, 5.41) is 0. The van der Waals surface area contributed by atoms with Crippen molar-refractivity contribution in [1.29, 1.82) is 0 Å². The van der Waals surface area contributed by atoms with Gasteiger partial charge in [0.15, 0.2) is 0 Å². The van der Waals surface area contributed by atoms with Gasteiger partial charge in [-0.1, -0.05) is 27.7 Å². The molecule has 1 aromatic heterocycles. The lowest BCUT2D eigenvalue weighted by Gasteiger charge is -2.28. The van der Waals surface area contributed by atoms with Gasteiger partial charge in [0.1, 0.15) is 5.75 Å². The number of hydrogen-bond donors (Lipinski definition) is 1. The Labute approximate surface area is 114 Å². The molecule has 0 saturated carbocycles. The van der Waals surface area contributed by atoms with Gasteiger partial charge in [0.2, 0.25) is 5.95 Å². The van der Waals surface area contributed by atoms with Crippen LogP contribution in [0.4, 0.5) is 5.95 Å². The van der Waals surface area contributed by atoms with Crippen LogP contribution in [0.3, 0.4) is 0 Å². The van der Waals surface area contributed by atoms with Crippen molar-refractivity contribution in [3.8, 4) is 5.75 Å². The largest absolute Gasteiger partial charge is 0.497 e.